The van der Waals surface area contributed by atoms with Crippen molar-refractivity contribution >= 4 is 27.5 Å². The van der Waals surface area contributed by atoms with Gasteiger partial charge in [0.25, 0.3) is 0 Å². The maximum atomic E-state index is 13.0. The van der Waals surface area contributed by atoms with E-state index in [0.717, 1.165) is 12.1 Å². The van der Waals surface area contributed by atoms with Gasteiger partial charge in [-0.25, -0.2) is 13.8 Å². The second kappa shape index (κ2) is 5.88. The van der Waals surface area contributed by atoms with E-state index in [0.29, 0.717) is 15.9 Å². The molecule has 98 valence electrons. The Morgan fingerprint density at radius 3 is 2.74 bits per heavy atom. The molecule has 0 radical (unpaired) electrons. The zero-order valence-electron chi connectivity index (χ0n) is 9.66. The first kappa shape index (κ1) is 13.6. The number of carbonyl (C=O) groups is 1. The van der Waals surface area contributed by atoms with Crippen LogP contribution in [0.3, 0.4) is 0 Å². The number of anilines is 1. The normalized spacial score (nSPS) is 10.3. The number of aromatic nitrogens is 1. The van der Waals surface area contributed by atoms with Gasteiger partial charge < -0.3 is 5.32 Å². The van der Waals surface area contributed by atoms with Crippen molar-refractivity contribution in [2.45, 2.75) is 6.42 Å². The summed E-state index contributed by atoms with van der Waals surface area (Å²) in [7, 11) is 0. The Morgan fingerprint density at radius 2 is 2.05 bits per heavy atom. The van der Waals surface area contributed by atoms with Gasteiger partial charge in [-0.05, 0) is 45.8 Å². The molecule has 3 nitrogen and oxygen atoms in total. The van der Waals surface area contributed by atoms with Crippen LogP contribution in [0.5, 0.6) is 0 Å². The van der Waals surface area contributed by atoms with Crippen LogP contribution in [0.1, 0.15) is 5.56 Å². The molecule has 0 aliphatic heterocycles. The number of carbonyl (C=O) groups excluding carboxylic acids is 1. The average molecular weight is 327 g/mol. The van der Waals surface area contributed by atoms with Crippen LogP contribution >= 0.6 is 15.9 Å². The predicted molar refractivity (Wildman–Crippen MR) is 70.6 cm³/mol. The van der Waals surface area contributed by atoms with Crippen LogP contribution in [0.25, 0.3) is 0 Å². The highest BCUT2D eigenvalue weighted by atomic mass is 79.9. The van der Waals surface area contributed by atoms with E-state index in [-0.39, 0.29) is 12.3 Å². The largest absolute Gasteiger partial charge is 0.323 e. The van der Waals surface area contributed by atoms with Crippen molar-refractivity contribution in [1.29, 1.82) is 0 Å². The highest BCUT2D eigenvalue weighted by molar-refractivity contribution is 9.10. The Labute approximate surface area is 116 Å². The van der Waals surface area contributed by atoms with E-state index in [1.807, 2.05) is 0 Å². The molecule has 0 saturated carbocycles. The van der Waals surface area contributed by atoms with Gasteiger partial charge >= 0.3 is 0 Å². The molecule has 0 saturated heterocycles. The standard InChI is InChI=1S/C13H9BrF2N2O/c14-13-11(2-1-5-17-13)18-12(19)7-8-3-4-9(15)10(16)6-8/h1-6H,7H2,(H,18,19). The number of hydrogen-bond acceptors (Lipinski definition) is 2. The third-order valence-corrected chi connectivity index (χ3v) is 3.01. The molecule has 2 rings (SSSR count). The van der Waals surface area contributed by atoms with Crippen LogP contribution in [0.4, 0.5) is 14.5 Å². The van der Waals surface area contributed by atoms with Gasteiger partial charge in [-0.1, -0.05) is 6.07 Å². The SMILES string of the molecule is O=C(Cc1ccc(F)c(F)c1)Nc1cccnc1Br. The summed E-state index contributed by atoms with van der Waals surface area (Å²) < 4.78 is 26.3. The highest BCUT2D eigenvalue weighted by Gasteiger charge is 2.09. The Hall–Kier alpha value is -1.82. The number of pyridine rings is 1. The van der Waals surface area contributed by atoms with Crippen LogP contribution < -0.4 is 5.32 Å². The predicted octanol–water partition coefficient (Wildman–Crippen LogP) is 3.30. The monoisotopic (exact) mass is 326 g/mol. The number of amides is 1. The molecule has 0 atom stereocenters. The van der Waals surface area contributed by atoms with E-state index in [1.165, 1.54) is 6.07 Å². The Kier molecular flexibility index (Phi) is 4.21. The first-order valence-corrected chi connectivity index (χ1v) is 6.20. The maximum Gasteiger partial charge on any atom is 0.228 e. The van der Waals surface area contributed by atoms with Crippen molar-refractivity contribution in [3.8, 4) is 0 Å². The minimum Gasteiger partial charge on any atom is -0.323 e. The summed E-state index contributed by atoms with van der Waals surface area (Å²) in [6.07, 6.45) is 1.54. The van der Waals surface area contributed by atoms with Crippen molar-refractivity contribution in [2.75, 3.05) is 5.32 Å². The van der Waals surface area contributed by atoms with Gasteiger partial charge in [-0.15, -0.1) is 0 Å². The minimum absolute atomic E-state index is 0.0431. The average Bonchev–Trinajstić information content (AvgIpc) is 2.37. The summed E-state index contributed by atoms with van der Waals surface area (Å²) in [5.74, 6) is -2.23. The first-order valence-electron chi connectivity index (χ1n) is 5.40. The summed E-state index contributed by atoms with van der Waals surface area (Å²) in [6.45, 7) is 0. The summed E-state index contributed by atoms with van der Waals surface area (Å²) >= 11 is 3.20. The van der Waals surface area contributed by atoms with Gasteiger partial charge in [0, 0.05) is 6.20 Å². The van der Waals surface area contributed by atoms with Crippen molar-refractivity contribution < 1.29 is 13.6 Å². The molecule has 0 aliphatic rings. The molecule has 19 heavy (non-hydrogen) atoms. The van der Waals surface area contributed by atoms with Crippen LogP contribution in [-0.4, -0.2) is 10.9 Å². The summed E-state index contributed by atoms with van der Waals surface area (Å²) in [6, 6.07) is 6.74. The lowest BCUT2D eigenvalue weighted by molar-refractivity contribution is -0.115. The zero-order valence-corrected chi connectivity index (χ0v) is 11.2. The van der Waals surface area contributed by atoms with E-state index >= 15 is 0 Å². The topological polar surface area (TPSA) is 42.0 Å². The molecule has 6 heteroatoms. The minimum atomic E-state index is -0.965. The highest BCUT2D eigenvalue weighted by Crippen LogP contribution is 2.18. The summed E-state index contributed by atoms with van der Waals surface area (Å²) in [4.78, 5) is 15.7. The van der Waals surface area contributed by atoms with Gasteiger partial charge in [0.15, 0.2) is 11.6 Å². The molecular formula is C13H9BrF2N2O. The fourth-order valence-corrected chi connectivity index (χ4v) is 1.86. The third kappa shape index (κ3) is 3.57. The number of halogens is 3. The fourth-order valence-electron chi connectivity index (χ4n) is 1.51. The Bertz CT molecular complexity index is 619. The maximum absolute atomic E-state index is 13.0. The summed E-state index contributed by atoms with van der Waals surface area (Å²) in [5.41, 5.74) is 0.923. The van der Waals surface area contributed by atoms with Crippen LogP contribution in [0, 0.1) is 11.6 Å². The van der Waals surface area contributed by atoms with Crippen molar-refractivity contribution in [3.05, 3.63) is 58.3 Å². The van der Waals surface area contributed by atoms with Gasteiger partial charge in [0.2, 0.25) is 5.91 Å². The number of rotatable bonds is 3. The number of nitrogens with one attached hydrogen (secondary N) is 1. The lowest BCUT2D eigenvalue weighted by Gasteiger charge is -2.06. The fraction of sp³-hybridized carbons (Fsp3) is 0.0769. The smallest absolute Gasteiger partial charge is 0.228 e. The molecule has 1 aromatic heterocycles. The molecular weight excluding hydrogens is 318 g/mol. The molecule has 0 spiro atoms. The lowest BCUT2D eigenvalue weighted by atomic mass is 10.1. The summed E-state index contributed by atoms with van der Waals surface area (Å²) in [5, 5.41) is 2.63. The van der Waals surface area contributed by atoms with Gasteiger partial charge in [0.1, 0.15) is 4.60 Å². The molecule has 2 aromatic rings. The zero-order chi connectivity index (χ0) is 13.8. The quantitative estimate of drug-likeness (QED) is 0.879. The van der Waals surface area contributed by atoms with E-state index in [2.05, 4.69) is 26.2 Å². The lowest BCUT2D eigenvalue weighted by Crippen LogP contribution is -2.15. The molecule has 0 bridgehead atoms. The van der Waals surface area contributed by atoms with Gasteiger partial charge in [0.05, 0.1) is 12.1 Å². The van der Waals surface area contributed by atoms with Crippen LogP contribution in [-0.2, 0) is 11.2 Å². The second-order valence-electron chi connectivity index (χ2n) is 3.82. The number of hydrogen-bond donors (Lipinski definition) is 1. The number of nitrogens with zero attached hydrogens (tertiary/aromatic N) is 1. The molecule has 1 aromatic carbocycles. The Balaban J connectivity index is 2.05. The second-order valence-corrected chi connectivity index (χ2v) is 4.57. The molecule has 0 fully saturated rings. The van der Waals surface area contributed by atoms with E-state index < -0.39 is 11.6 Å². The van der Waals surface area contributed by atoms with Crippen molar-refractivity contribution in [1.82, 2.24) is 4.98 Å². The van der Waals surface area contributed by atoms with Crippen LogP contribution in [0.15, 0.2) is 41.1 Å². The number of benzene rings is 1. The first-order chi connectivity index (χ1) is 9.06. The van der Waals surface area contributed by atoms with E-state index in [9.17, 15) is 13.6 Å². The van der Waals surface area contributed by atoms with Crippen molar-refractivity contribution in [2.24, 2.45) is 0 Å². The molecule has 0 unspecified atom stereocenters. The van der Waals surface area contributed by atoms with Crippen LogP contribution in [0.2, 0.25) is 0 Å². The molecule has 1 N–H and O–H groups in total. The van der Waals surface area contributed by atoms with Gasteiger partial charge in [-0.3, -0.25) is 4.79 Å². The third-order valence-electron chi connectivity index (χ3n) is 2.38. The molecule has 0 aliphatic carbocycles. The van der Waals surface area contributed by atoms with E-state index in [4.69, 9.17) is 0 Å². The molecule has 1 amide bonds. The molecule has 1 heterocycles. The van der Waals surface area contributed by atoms with Crippen molar-refractivity contribution in [3.63, 3.8) is 0 Å². The van der Waals surface area contributed by atoms with Gasteiger partial charge in [-0.2, -0.15) is 0 Å². The Morgan fingerprint density at radius 1 is 1.26 bits per heavy atom. The van der Waals surface area contributed by atoms with E-state index in [1.54, 1.807) is 18.3 Å².